The van der Waals surface area contributed by atoms with E-state index in [0.717, 1.165) is 33.8 Å². The molecule has 11 rings (SSSR count). The molecule has 1 heteroatoms. The van der Waals surface area contributed by atoms with Gasteiger partial charge in [-0.05, 0) is 113 Å². The molecule has 63 heavy (non-hydrogen) atoms. The summed E-state index contributed by atoms with van der Waals surface area (Å²) in [5.41, 5.74) is 17.6. The first-order valence-corrected chi connectivity index (χ1v) is 21.7. The smallest absolute Gasteiger partial charge is 0.0546 e. The van der Waals surface area contributed by atoms with E-state index in [1.165, 1.54) is 71.6 Å². The highest BCUT2D eigenvalue weighted by Gasteiger charge is 2.20. The van der Waals surface area contributed by atoms with E-state index in [0.29, 0.717) is 0 Å². The lowest BCUT2D eigenvalue weighted by atomic mass is 9.91. The maximum atomic E-state index is 2.42. The molecule has 0 saturated heterocycles. The van der Waals surface area contributed by atoms with Crippen LogP contribution in [0.3, 0.4) is 0 Å². The number of anilines is 3. The summed E-state index contributed by atoms with van der Waals surface area (Å²) in [6, 6.07) is 94.7. The zero-order valence-electron chi connectivity index (χ0n) is 34.8. The van der Waals surface area contributed by atoms with Crippen molar-refractivity contribution in [1.29, 1.82) is 0 Å². The Bertz CT molecular complexity index is 3330. The van der Waals surface area contributed by atoms with Gasteiger partial charge < -0.3 is 4.90 Å². The zero-order valence-corrected chi connectivity index (χ0v) is 34.8. The third kappa shape index (κ3) is 7.37. The summed E-state index contributed by atoms with van der Waals surface area (Å²) < 4.78 is 0. The van der Waals surface area contributed by atoms with Gasteiger partial charge in [-0.2, -0.15) is 0 Å². The molecule has 0 aromatic heterocycles. The van der Waals surface area contributed by atoms with Crippen LogP contribution in [0, 0.1) is 0 Å². The molecule has 0 aliphatic carbocycles. The van der Waals surface area contributed by atoms with Crippen LogP contribution < -0.4 is 4.90 Å². The number of rotatable bonds is 9. The summed E-state index contributed by atoms with van der Waals surface area (Å²) >= 11 is 0. The second-order valence-electron chi connectivity index (χ2n) is 16.1. The Morgan fingerprint density at radius 2 is 0.556 bits per heavy atom. The lowest BCUT2D eigenvalue weighted by Gasteiger charge is -2.29. The van der Waals surface area contributed by atoms with Crippen LogP contribution in [-0.4, -0.2) is 0 Å². The summed E-state index contributed by atoms with van der Waals surface area (Å²) in [7, 11) is 0. The van der Waals surface area contributed by atoms with E-state index in [4.69, 9.17) is 0 Å². The van der Waals surface area contributed by atoms with Crippen LogP contribution in [0.25, 0.3) is 88.3 Å². The molecule has 0 amide bonds. The Labute approximate surface area is 369 Å². The van der Waals surface area contributed by atoms with Gasteiger partial charge in [-0.3, -0.25) is 0 Å². The van der Waals surface area contributed by atoms with Crippen molar-refractivity contribution in [2.24, 2.45) is 0 Å². The monoisotopic (exact) mass is 801 g/mol. The molecule has 0 unspecified atom stereocenters. The second kappa shape index (κ2) is 16.7. The van der Waals surface area contributed by atoms with Crippen molar-refractivity contribution in [3.05, 3.63) is 261 Å². The standard InChI is InChI=1S/C62H43N/c1-4-15-44(16-5-1)46-31-36-53(37-32-46)63(54-38-33-50(34-39-54)56-26-14-22-48-21-10-11-23-55(48)56)62-43-52(45-17-6-2-7-18-45)35-40-59(62)51-29-27-49(28-30-51)58-42-41-57(47-19-8-3-9-20-47)60-24-12-13-25-61(58)60/h1-43H. The van der Waals surface area contributed by atoms with E-state index in [-0.39, 0.29) is 0 Å². The van der Waals surface area contributed by atoms with Gasteiger partial charge in [-0.1, -0.05) is 231 Å². The van der Waals surface area contributed by atoms with Crippen LogP contribution in [0.15, 0.2) is 261 Å². The summed E-state index contributed by atoms with van der Waals surface area (Å²) in [4.78, 5) is 2.42. The Balaban J connectivity index is 1.05. The molecule has 1 nitrogen and oxygen atoms in total. The third-order valence-electron chi connectivity index (χ3n) is 12.3. The highest BCUT2D eigenvalue weighted by Crippen LogP contribution is 2.45. The summed E-state index contributed by atoms with van der Waals surface area (Å²) in [5, 5.41) is 4.99. The number of benzene rings is 11. The van der Waals surface area contributed by atoms with E-state index in [9.17, 15) is 0 Å². The lowest BCUT2D eigenvalue weighted by molar-refractivity contribution is 1.28. The van der Waals surface area contributed by atoms with Gasteiger partial charge in [-0.15, -0.1) is 0 Å². The van der Waals surface area contributed by atoms with Gasteiger partial charge in [0.05, 0.1) is 5.69 Å². The fourth-order valence-corrected chi connectivity index (χ4v) is 9.15. The number of nitrogens with zero attached hydrogens (tertiary/aromatic N) is 1. The van der Waals surface area contributed by atoms with Gasteiger partial charge in [0.25, 0.3) is 0 Å². The molecule has 0 saturated carbocycles. The fraction of sp³-hybridized carbons (Fsp3) is 0. The van der Waals surface area contributed by atoms with Crippen LogP contribution >= 0.6 is 0 Å². The Kier molecular flexibility index (Phi) is 9.97. The largest absolute Gasteiger partial charge is 0.310 e. The van der Waals surface area contributed by atoms with Crippen molar-refractivity contribution in [1.82, 2.24) is 0 Å². The van der Waals surface area contributed by atoms with Crippen LogP contribution in [0.5, 0.6) is 0 Å². The van der Waals surface area contributed by atoms with Gasteiger partial charge in [0.15, 0.2) is 0 Å². The summed E-state index contributed by atoms with van der Waals surface area (Å²) in [6.45, 7) is 0. The Morgan fingerprint density at radius 3 is 1.13 bits per heavy atom. The topological polar surface area (TPSA) is 3.24 Å². The molecule has 0 bridgehead atoms. The molecular formula is C62H43N. The zero-order chi connectivity index (χ0) is 42.0. The molecule has 11 aromatic rings. The third-order valence-corrected chi connectivity index (χ3v) is 12.3. The average Bonchev–Trinajstić information content (AvgIpc) is 3.37. The van der Waals surface area contributed by atoms with Crippen molar-refractivity contribution in [3.63, 3.8) is 0 Å². The van der Waals surface area contributed by atoms with Gasteiger partial charge in [0, 0.05) is 16.9 Å². The molecule has 0 atom stereocenters. The minimum atomic E-state index is 1.08. The first-order chi connectivity index (χ1) is 31.2. The van der Waals surface area contributed by atoms with Crippen molar-refractivity contribution in [3.8, 4) is 66.8 Å². The minimum absolute atomic E-state index is 1.08. The van der Waals surface area contributed by atoms with Crippen LogP contribution in [0.2, 0.25) is 0 Å². The van der Waals surface area contributed by atoms with E-state index in [2.05, 4.69) is 266 Å². The molecular weight excluding hydrogens is 759 g/mol. The molecule has 0 spiro atoms. The molecule has 0 fully saturated rings. The highest BCUT2D eigenvalue weighted by molar-refractivity contribution is 6.05. The Hall–Kier alpha value is -8.26. The minimum Gasteiger partial charge on any atom is -0.310 e. The van der Waals surface area contributed by atoms with Crippen LogP contribution in [-0.2, 0) is 0 Å². The predicted octanol–water partition coefficient (Wildman–Crippen LogP) is 17.5. The number of hydrogen-bond donors (Lipinski definition) is 0. The molecule has 0 aliphatic heterocycles. The van der Waals surface area contributed by atoms with Crippen molar-refractivity contribution < 1.29 is 0 Å². The molecule has 0 aliphatic rings. The molecule has 0 radical (unpaired) electrons. The Morgan fingerprint density at radius 1 is 0.206 bits per heavy atom. The van der Waals surface area contributed by atoms with E-state index in [1.807, 2.05) is 0 Å². The molecule has 0 heterocycles. The number of fused-ring (bicyclic) bond motifs is 2. The molecule has 296 valence electrons. The van der Waals surface area contributed by atoms with Gasteiger partial charge in [0.1, 0.15) is 0 Å². The normalized spacial score (nSPS) is 11.2. The number of hydrogen-bond acceptors (Lipinski definition) is 1. The predicted molar refractivity (Wildman–Crippen MR) is 269 cm³/mol. The quantitative estimate of drug-likeness (QED) is 0.141. The van der Waals surface area contributed by atoms with Crippen LogP contribution in [0.1, 0.15) is 0 Å². The fourth-order valence-electron chi connectivity index (χ4n) is 9.15. The first kappa shape index (κ1) is 37.7. The van der Waals surface area contributed by atoms with Crippen LogP contribution in [0.4, 0.5) is 17.1 Å². The van der Waals surface area contributed by atoms with Gasteiger partial charge >= 0.3 is 0 Å². The van der Waals surface area contributed by atoms with E-state index in [1.54, 1.807) is 0 Å². The van der Waals surface area contributed by atoms with E-state index >= 15 is 0 Å². The SMILES string of the molecule is c1ccc(-c2ccc(N(c3ccc(-c4cccc5ccccc45)cc3)c3cc(-c4ccccc4)ccc3-c3ccc(-c4ccc(-c5ccccc5)c5ccccc45)cc3)cc2)cc1. The van der Waals surface area contributed by atoms with E-state index < -0.39 is 0 Å². The van der Waals surface area contributed by atoms with Gasteiger partial charge in [-0.25, -0.2) is 0 Å². The summed E-state index contributed by atoms with van der Waals surface area (Å²) in [5.74, 6) is 0. The molecule has 0 N–H and O–H groups in total. The maximum absolute atomic E-state index is 2.42. The van der Waals surface area contributed by atoms with Crippen molar-refractivity contribution in [2.45, 2.75) is 0 Å². The van der Waals surface area contributed by atoms with Crippen molar-refractivity contribution in [2.75, 3.05) is 4.90 Å². The lowest BCUT2D eigenvalue weighted by Crippen LogP contribution is -2.11. The maximum Gasteiger partial charge on any atom is 0.0546 e. The second-order valence-corrected chi connectivity index (χ2v) is 16.1. The summed E-state index contributed by atoms with van der Waals surface area (Å²) in [6.07, 6.45) is 0. The van der Waals surface area contributed by atoms with Crippen molar-refractivity contribution >= 4 is 38.6 Å². The average molecular weight is 802 g/mol. The first-order valence-electron chi connectivity index (χ1n) is 21.7. The van der Waals surface area contributed by atoms with Gasteiger partial charge in [0.2, 0.25) is 0 Å². The molecule has 11 aromatic carbocycles. The highest BCUT2D eigenvalue weighted by atomic mass is 15.1.